The van der Waals surface area contributed by atoms with Crippen LogP contribution in [0.3, 0.4) is 0 Å². The maximum absolute atomic E-state index is 13.3. The van der Waals surface area contributed by atoms with E-state index in [1.54, 1.807) is 17.8 Å². The van der Waals surface area contributed by atoms with Crippen molar-refractivity contribution in [3.63, 3.8) is 0 Å². The van der Waals surface area contributed by atoms with E-state index in [-0.39, 0.29) is 11.4 Å². The molecular formula is C13H17FN2S. The summed E-state index contributed by atoms with van der Waals surface area (Å²) < 4.78 is 13.3. The first-order valence-corrected chi connectivity index (χ1v) is 6.74. The Labute approximate surface area is 106 Å². The van der Waals surface area contributed by atoms with E-state index in [1.165, 1.54) is 6.07 Å². The zero-order valence-corrected chi connectivity index (χ0v) is 11.0. The van der Waals surface area contributed by atoms with Gasteiger partial charge in [0.05, 0.1) is 0 Å². The SMILES string of the molecule is CC1(C)CSC(=NCCc2ccccc2F)N1. The second kappa shape index (κ2) is 5.08. The molecule has 0 aromatic heterocycles. The van der Waals surface area contributed by atoms with E-state index in [0.717, 1.165) is 16.5 Å². The number of rotatable bonds is 3. The van der Waals surface area contributed by atoms with Crippen LogP contribution in [0.1, 0.15) is 19.4 Å². The van der Waals surface area contributed by atoms with Gasteiger partial charge in [-0.3, -0.25) is 4.99 Å². The van der Waals surface area contributed by atoms with Crippen molar-refractivity contribution in [3.05, 3.63) is 35.6 Å². The van der Waals surface area contributed by atoms with Crippen LogP contribution >= 0.6 is 11.8 Å². The van der Waals surface area contributed by atoms with E-state index in [0.29, 0.717) is 13.0 Å². The van der Waals surface area contributed by atoms with Crippen molar-refractivity contribution in [2.24, 2.45) is 4.99 Å². The summed E-state index contributed by atoms with van der Waals surface area (Å²) in [7, 11) is 0. The van der Waals surface area contributed by atoms with E-state index >= 15 is 0 Å². The van der Waals surface area contributed by atoms with Crippen molar-refractivity contribution in [1.82, 2.24) is 5.32 Å². The zero-order chi connectivity index (χ0) is 12.3. The minimum Gasteiger partial charge on any atom is -0.359 e. The minimum atomic E-state index is -0.139. The molecule has 0 radical (unpaired) electrons. The molecule has 1 aliphatic heterocycles. The fourth-order valence-electron chi connectivity index (χ4n) is 1.67. The van der Waals surface area contributed by atoms with Crippen LogP contribution in [-0.4, -0.2) is 23.0 Å². The molecule has 0 unspecified atom stereocenters. The Balaban J connectivity index is 1.88. The van der Waals surface area contributed by atoms with Crippen molar-refractivity contribution in [1.29, 1.82) is 0 Å². The van der Waals surface area contributed by atoms with Crippen molar-refractivity contribution >= 4 is 16.9 Å². The standard InChI is InChI=1S/C13H17FN2S/c1-13(2)9-17-12(16-13)15-8-7-10-5-3-4-6-11(10)14/h3-6H,7-9H2,1-2H3,(H,15,16). The summed E-state index contributed by atoms with van der Waals surface area (Å²) in [5.41, 5.74) is 0.862. The first kappa shape index (κ1) is 12.4. The third-order valence-corrected chi connectivity index (χ3v) is 3.98. The Morgan fingerprint density at radius 1 is 1.41 bits per heavy atom. The maximum Gasteiger partial charge on any atom is 0.157 e. The van der Waals surface area contributed by atoms with Crippen LogP contribution < -0.4 is 5.32 Å². The first-order chi connectivity index (χ1) is 8.07. The number of halogens is 1. The van der Waals surface area contributed by atoms with Crippen LogP contribution in [0, 0.1) is 5.82 Å². The van der Waals surface area contributed by atoms with Gasteiger partial charge >= 0.3 is 0 Å². The molecule has 0 aliphatic carbocycles. The van der Waals surface area contributed by atoms with Crippen molar-refractivity contribution in [2.45, 2.75) is 25.8 Å². The van der Waals surface area contributed by atoms with Crippen LogP contribution in [-0.2, 0) is 6.42 Å². The van der Waals surface area contributed by atoms with Gasteiger partial charge in [0.15, 0.2) is 5.17 Å². The molecule has 1 heterocycles. The van der Waals surface area contributed by atoms with Gasteiger partial charge in [-0.1, -0.05) is 30.0 Å². The van der Waals surface area contributed by atoms with Crippen LogP contribution in [0.2, 0.25) is 0 Å². The molecule has 1 aromatic carbocycles. The summed E-state index contributed by atoms with van der Waals surface area (Å²) in [6.07, 6.45) is 0.652. The Kier molecular flexibility index (Phi) is 3.72. The summed E-state index contributed by atoms with van der Waals surface area (Å²) in [6.45, 7) is 4.94. The van der Waals surface area contributed by atoms with Crippen molar-refractivity contribution < 1.29 is 4.39 Å². The quantitative estimate of drug-likeness (QED) is 0.894. The van der Waals surface area contributed by atoms with Gasteiger partial charge in [-0.25, -0.2) is 4.39 Å². The van der Waals surface area contributed by atoms with E-state index in [1.807, 2.05) is 12.1 Å². The van der Waals surface area contributed by atoms with Gasteiger partial charge in [-0.05, 0) is 31.9 Å². The molecule has 1 N–H and O–H groups in total. The van der Waals surface area contributed by atoms with Gasteiger partial charge in [0.1, 0.15) is 5.82 Å². The lowest BCUT2D eigenvalue weighted by atomic mass is 10.1. The van der Waals surface area contributed by atoms with Gasteiger partial charge in [-0.2, -0.15) is 0 Å². The monoisotopic (exact) mass is 252 g/mol. The molecule has 2 nitrogen and oxygen atoms in total. The largest absolute Gasteiger partial charge is 0.359 e. The van der Waals surface area contributed by atoms with Gasteiger partial charge < -0.3 is 5.32 Å². The first-order valence-electron chi connectivity index (χ1n) is 5.76. The second-order valence-corrected chi connectivity index (χ2v) is 5.79. The highest BCUT2D eigenvalue weighted by molar-refractivity contribution is 8.14. The maximum atomic E-state index is 13.3. The Morgan fingerprint density at radius 3 is 2.82 bits per heavy atom. The lowest BCUT2D eigenvalue weighted by molar-refractivity contribution is 0.536. The van der Waals surface area contributed by atoms with E-state index in [9.17, 15) is 4.39 Å². The number of aliphatic imine (C=N–C) groups is 1. The third-order valence-electron chi connectivity index (χ3n) is 2.61. The van der Waals surface area contributed by atoms with Gasteiger partial charge in [0.2, 0.25) is 0 Å². The number of nitrogens with one attached hydrogen (secondary N) is 1. The topological polar surface area (TPSA) is 24.4 Å². The third kappa shape index (κ3) is 3.46. The summed E-state index contributed by atoms with van der Waals surface area (Å²) >= 11 is 1.73. The van der Waals surface area contributed by atoms with Crippen LogP contribution in [0.15, 0.2) is 29.3 Å². The number of thioether (sulfide) groups is 1. The molecule has 2 rings (SSSR count). The van der Waals surface area contributed by atoms with Gasteiger partial charge in [0, 0.05) is 17.8 Å². The lowest BCUT2D eigenvalue weighted by Gasteiger charge is -2.15. The zero-order valence-electron chi connectivity index (χ0n) is 10.2. The fraction of sp³-hybridized carbons (Fsp3) is 0.462. The molecule has 4 heteroatoms. The Morgan fingerprint density at radius 2 is 2.18 bits per heavy atom. The highest BCUT2D eigenvalue weighted by atomic mass is 32.2. The predicted molar refractivity (Wildman–Crippen MR) is 72.1 cm³/mol. The number of amidine groups is 1. The fourth-order valence-corrected chi connectivity index (χ4v) is 2.78. The average molecular weight is 252 g/mol. The van der Waals surface area contributed by atoms with Gasteiger partial charge in [0.25, 0.3) is 0 Å². The number of hydrogen-bond donors (Lipinski definition) is 1. The van der Waals surface area contributed by atoms with E-state index < -0.39 is 0 Å². The molecule has 1 aromatic rings. The van der Waals surface area contributed by atoms with Crippen molar-refractivity contribution in [3.8, 4) is 0 Å². The summed E-state index contributed by atoms with van der Waals surface area (Å²) in [5, 5.41) is 4.33. The molecule has 1 fully saturated rings. The highest BCUT2D eigenvalue weighted by Crippen LogP contribution is 2.22. The molecule has 0 spiro atoms. The summed E-state index contributed by atoms with van der Waals surface area (Å²) in [4.78, 5) is 4.46. The van der Waals surface area contributed by atoms with E-state index in [2.05, 4.69) is 24.2 Å². The Hall–Kier alpha value is -1.03. The summed E-state index contributed by atoms with van der Waals surface area (Å²) in [5.74, 6) is 0.894. The molecule has 1 aliphatic rings. The molecule has 1 saturated heterocycles. The normalized spacial score (nSPS) is 20.5. The van der Waals surface area contributed by atoms with E-state index in [4.69, 9.17) is 0 Å². The highest BCUT2D eigenvalue weighted by Gasteiger charge is 2.26. The molecule has 0 saturated carbocycles. The number of benzene rings is 1. The number of hydrogen-bond acceptors (Lipinski definition) is 2. The van der Waals surface area contributed by atoms with Crippen LogP contribution in [0.25, 0.3) is 0 Å². The molecular weight excluding hydrogens is 235 g/mol. The molecule has 0 atom stereocenters. The average Bonchev–Trinajstić information content (AvgIpc) is 2.61. The molecule has 0 bridgehead atoms. The molecule has 92 valence electrons. The Bertz CT molecular complexity index is 429. The number of nitrogens with zero attached hydrogens (tertiary/aromatic N) is 1. The lowest BCUT2D eigenvalue weighted by Crippen LogP contribution is -2.36. The van der Waals surface area contributed by atoms with Gasteiger partial charge in [-0.15, -0.1) is 0 Å². The minimum absolute atomic E-state index is 0.126. The summed E-state index contributed by atoms with van der Waals surface area (Å²) in [6, 6.07) is 6.88. The van der Waals surface area contributed by atoms with Crippen molar-refractivity contribution in [2.75, 3.05) is 12.3 Å². The molecule has 17 heavy (non-hydrogen) atoms. The predicted octanol–water partition coefficient (Wildman–Crippen LogP) is 2.84. The second-order valence-electron chi connectivity index (χ2n) is 4.83. The molecule has 0 amide bonds. The smallest absolute Gasteiger partial charge is 0.157 e. The van der Waals surface area contributed by atoms with Crippen LogP contribution in [0.4, 0.5) is 4.39 Å². The van der Waals surface area contributed by atoms with Crippen LogP contribution in [0.5, 0.6) is 0 Å².